The number of nitrogens with zero attached hydrogens (tertiary/aromatic N) is 8. The van der Waals surface area contributed by atoms with Crippen molar-refractivity contribution in [1.82, 2.24) is 39.8 Å². The molecule has 150 valence electrons. The van der Waals surface area contributed by atoms with Crippen LogP contribution in [0.5, 0.6) is 0 Å². The van der Waals surface area contributed by atoms with Gasteiger partial charge < -0.3 is 0 Å². The van der Waals surface area contributed by atoms with E-state index in [9.17, 15) is 0 Å². The van der Waals surface area contributed by atoms with Gasteiger partial charge in [0.15, 0.2) is 0 Å². The van der Waals surface area contributed by atoms with Gasteiger partial charge in [0.05, 0.1) is 35.2 Å². The van der Waals surface area contributed by atoms with Crippen LogP contribution in [0.3, 0.4) is 0 Å². The lowest BCUT2D eigenvalue weighted by Gasteiger charge is -2.15. The quantitative estimate of drug-likeness (QED) is 0.537. The van der Waals surface area contributed by atoms with E-state index in [-0.39, 0.29) is 0 Å². The fourth-order valence-electron chi connectivity index (χ4n) is 3.10. The molecule has 2 aromatic heterocycles. The van der Waals surface area contributed by atoms with E-state index >= 15 is 0 Å². The Morgan fingerprint density at radius 1 is 0.643 bits per heavy atom. The lowest BCUT2D eigenvalue weighted by molar-refractivity contribution is 0.292. The Hall–Kier alpha value is -2.58. The SMILES string of the molecule is CCN(CC)Cc1cn(-c2ccc(-n3cc(CN(CC)CC)nn3)cc2)nn1. The third-order valence-corrected chi connectivity index (χ3v) is 5.02. The first-order chi connectivity index (χ1) is 13.7. The third kappa shape index (κ3) is 4.82. The van der Waals surface area contributed by atoms with Gasteiger partial charge in [-0.2, -0.15) is 0 Å². The molecule has 0 bridgehead atoms. The minimum Gasteiger partial charge on any atom is -0.298 e. The molecular weight excluding hydrogens is 352 g/mol. The average molecular weight is 383 g/mol. The van der Waals surface area contributed by atoms with Crippen LogP contribution in [0.4, 0.5) is 0 Å². The molecule has 0 saturated heterocycles. The van der Waals surface area contributed by atoms with E-state index in [1.54, 1.807) is 0 Å². The van der Waals surface area contributed by atoms with Crippen molar-refractivity contribution >= 4 is 0 Å². The first-order valence-electron chi connectivity index (χ1n) is 10.0. The van der Waals surface area contributed by atoms with Crippen LogP contribution >= 0.6 is 0 Å². The maximum absolute atomic E-state index is 4.29. The molecule has 0 unspecified atom stereocenters. The fourth-order valence-corrected chi connectivity index (χ4v) is 3.10. The van der Waals surface area contributed by atoms with Gasteiger partial charge >= 0.3 is 0 Å². The molecule has 0 saturated carbocycles. The normalized spacial score (nSPS) is 11.6. The minimum atomic E-state index is 0.819. The van der Waals surface area contributed by atoms with Crippen molar-refractivity contribution < 1.29 is 0 Å². The Morgan fingerprint density at radius 2 is 1.00 bits per heavy atom. The van der Waals surface area contributed by atoms with Crippen LogP contribution in [0.1, 0.15) is 39.1 Å². The number of benzene rings is 1. The highest BCUT2D eigenvalue weighted by Gasteiger charge is 2.09. The summed E-state index contributed by atoms with van der Waals surface area (Å²) in [5, 5.41) is 17.1. The average Bonchev–Trinajstić information content (AvgIpc) is 3.40. The highest BCUT2D eigenvalue weighted by molar-refractivity contribution is 5.40. The van der Waals surface area contributed by atoms with Crippen molar-refractivity contribution in [3.63, 3.8) is 0 Å². The smallest absolute Gasteiger partial charge is 0.0971 e. The Labute approximate surface area is 166 Å². The second kappa shape index (κ2) is 9.57. The summed E-state index contributed by atoms with van der Waals surface area (Å²) in [5.74, 6) is 0. The maximum Gasteiger partial charge on any atom is 0.0971 e. The van der Waals surface area contributed by atoms with E-state index in [2.05, 4.69) is 58.1 Å². The van der Waals surface area contributed by atoms with Gasteiger partial charge in [-0.15, -0.1) is 10.2 Å². The van der Waals surface area contributed by atoms with Gasteiger partial charge in [-0.05, 0) is 50.4 Å². The summed E-state index contributed by atoms with van der Waals surface area (Å²) in [6.07, 6.45) is 3.98. The number of hydrogen-bond acceptors (Lipinski definition) is 6. The monoisotopic (exact) mass is 382 g/mol. The maximum atomic E-state index is 4.29. The molecule has 0 atom stereocenters. The fraction of sp³-hybridized carbons (Fsp3) is 0.500. The Kier molecular flexibility index (Phi) is 6.89. The summed E-state index contributed by atoms with van der Waals surface area (Å²) in [6.45, 7) is 14.3. The highest BCUT2D eigenvalue weighted by Crippen LogP contribution is 2.13. The molecule has 0 aliphatic heterocycles. The Balaban J connectivity index is 1.69. The van der Waals surface area contributed by atoms with Gasteiger partial charge in [0.25, 0.3) is 0 Å². The zero-order chi connectivity index (χ0) is 19.9. The molecule has 8 heteroatoms. The zero-order valence-electron chi connectivity index (χ0n) is 17.3. The van der Waals surface area contributed by atoms with Crippen LogP contribution in [0.25, 0.3) is 11.4 Å². The van der Waals surface area contributed by atoms with Gasteiger partial charge in [0.2, 0.25) is 0 Å². The predicted octanol–water partition coefficient (Wildman–Crippen LogP) is 2.53. The summed E-state index contributed by atoms with van der Waals surface area (Å²) in [5.41, 5.74) is 3.91. The van der Waals surface area contributed by atoms with E-state index in [4.69, 9.17) is 0 Å². The first kappa shape index (κ1) is 20.2. The van der Waals surface area contributed by atoms with Crippen molar-refractivity contribution in [3.05, 3.63) is 48.0 Å². The summed E-state index contributed by atoms with van der Waals surface area (Å²) in [6, 6.07) is 8.10. The summed E-state index contributed by atoms with van der Waals surface area (Å²) >= 11 is 0. The van der Waals surface area contributed by atoms with Crippen LogP contribution in [0.15, 0.2) is 36.7 Å². The van der Waals surface area contributed by atoms with Crippen LogP contribution in [0, 0.1) is 0 Å². The van der Waals surface area contributed by atoms with Crippen LogP contribution in [-0.2, 0) is 13.1 Å². The van der Waals surface area contributed by atoms with E-state index in [0.717, 1.165) is 62.0 Å². The first-order valence-corrected chi connectivity index (χ1v) is 10.0. The Bertz CT molecular complexity index is 772. The lowest BCUT2D eigenvalue weighted by Crippen LogP contribution is -2.22. The van der Waals surface area contributed by atoms with Crippen LogP contribution in [0.2, 0.25) is 0 Å². The minimum absolute atomic E-state index is 0.819. The van der Waals surface area contributed by atoms with Gasteiger partial charge in [0.1, 0.15) is 0 Å². The predicted molar refractivity (Wildman–Crippen MR) is 110 cm³/mol. The van der Waals surface area contributed by atoms with Crippen molar-refractivity contribution in [2.24, 2.45) is 0 Å². The standard InChI is InChI=1S/C20H30N8/c1-5-25(6-2)13-17-15-27(23-21-17)19-9-11-20(12-10-19)28-16-18(22-24-28)14-26(7-3)8-4/h9-12,15-16H,5-8,13-14H2,1-4H3. The van der Waals surface area contributed by atoms with Gasteiger partial charge in [-0.3, -0.25) is 9.80 Å². The van der Waals surface area contributed by atoms with Crippen molar-refractivity contribution in [3.8, 4) is 11.4 Å². The number of rotatable bonds is 10. The van der Waals surface area contributed by atoms with Crippen molar-refractivity contribution in [1.29, 1.82) is 0 Å². The second-order valence-corrected chi connectivity index (χ2v) is 6.75. The van der Waals surface area contributed by atoms with Crippen LogP contribution in [-0.4, -0.2) is 66.0 Å². The Morgan fingerprint density at radius 3 is 1.32 bits per heavy atom. The molecule has 3 aromatic rings. The van der Waals surface area contributed by atoms with E-state index in [1.807, 2.05) is 46.0 Å². The molecule has 0 N–H and O–H groups in total. The summed E-state index contributed by atoms with van der Waals surface area (Å²) in [7, 11) is 0. The second-order valence-electron chi connectivity index (χ2n) is 6.75. The summed E-state index contributed by atoms with van der Waals surface area (Å²) < 4.78 is 3.63. The largest absolute Gasteiger partial charge is 0.298 e. The molecule has 1 aromatic carbocycles. The molecule has 0 spiro atoms. The molecule has 8 nitrogen and oxygen atoms in total. The molecule has 3 rings (SSSR count). The van der Waals surface area contributed by atoms with Gasteiger partial charge in [-0.1, -0.05) is 38.1 Å². The lowest BCUT2D eigenvalue weighted by atomic mass is 10.3. The molecule has 0 aliphatic rings. The highest BCUT2D eigenvalue weighted by atomic mass is 15.4. The van der Waals surface area contributed by atoms with E-state index < -0.39 is 0 Å². The van der Waals surface area contributed by atoms with E-state index in [0.29, 0.717) is 0 Å². The molecule has 0 amide bonds. The number of hydrogen-bond donors (Lipinski definition) is 0. The van der Waals surface area contributed by atoms with Gasteiger partial charge in [-0.25, -0.2) is 9.36 Å². The number of aromatic nitrogens is 6. The molecule has 0 aliphatic carbocycles. The third-order valence-electron chi connectivity index (χ3n) is 5.02. The molecule has 28 heavy (non-hydrogen) atoms. The van der Waals surface area contributed by atoms with Crippen molar-refractivity contribution in [2.75, 3.05) is 26.2 Å². The molecule has 2 heterocycles. The van der Waals surface area contributed by atoms with Crippen LogP contribution < -0.4 is 0 Å². The molecular formula is C20H30N8. The topological polar surface area (TPSA) is 67.9 Å². The van der Waals surface area contributed by atoms with Crippen molar-refractivity contribution in [2.45, 2.75) is 40.8 Å². The molecule has 0 radical (unpaired) electrons. The molecule has 0 fully saturated rings. The summed E-state index contributed by atoms with van der Waals surface area (Å²) in [4.78, 5) is 4.63. The van der Waals surface area contributed by atoms with E-state index in [1.165, 1.54) is 0 Å². The zero-order valence-corrected chi connectivity index (χ0v) is 17.3. The van der Waals surface area contributed by atoms with Gasteiger partial charge in [0, 0.05) is 13.1 Å².